The molecule has 130 valence electrons. The number of hydrogen-bond acceptors (Lipinski definition) is 4. The molecule has 2 aromatic carbocycles. The van der Waals surface area contributed by atoms with E-state index in [1.807, 2.05) is 47.4 Å². The SMILES string of the molecule is CS.Cc1ccccc1.Nc1cccc(CN2CCNCC2=O)c1. The second-order valence-corrected chi connectivity index (χ2v) is 5.39. The third-order valence-corrected chi connectivity index (χ3v) is 3.45. The van der Waals surface area contributed by atoms with Crippen LogP contribution in [0.2, 0.25) is 0 Å². The van der Waals surface area contributed by atoms with E-state index < -0.39 is 0 Å². The van der Waals surface area contributed by atoms with E-state index in [0.29, 0.717) is 13.1 Å². The fourth-order valence-electron chi connectivity index (χ4n) is 2.26. The van der Waals surface area contributed by atoms with Crippen LogP contribution in [0.3, 0.4) is 0 Å². The molecule has 0 bridgehead atoms. The van der Waals surface area contributed by atoms with Gasteiger partial charge >= 0.3 is 0 Å². The lowest BCUT2D eigenvalue weighted by molar-refractivity contribution is -0.132. The molecule has 4 nitrogen and oxygen atoms in total. The monoisotopic (exact) mass is 345 g/mol. The Morgan fingerprint density at radius 2 is 1.83 bits per heavy atom. The van der Waals surface area contributed by atoms with Crippen LogP contribution in [0.15, 0.2) is 54.6 Å². The molecule has 1 saturated heterocycles. The van der Waals surface area contributed by atoms with Crippen molar-refractivity contribution in [2.45, 2.75) is 13.5 Å². The number of benzene rings is 2. The number of nitrogens with zero attached hydrogens (tertiary/aromatic N) is 1. The number of anilines is 1. The van der Waals surface area contributed by atoms with Crippen LogP contribution in [0.1, 0.15) is 11.1 Å². The van der Waals surface area contributed by atoms with Crippen molar-refractivity contribution in [3.63, 3.8) is 0 Å². The molecular weight excluding hydrogens is 318 g/mol. The Morgan fingerprint density at radius 3 is 2.38 bits per heavy atom. The molecule has 1 amide bonds. The van der Waals surface area contributed by atoms with Gasteiger partial charge < -0.3 is 16.0 Å². The zero-order valence-corrected chi connectivity index (χ0v) is 15.3. The van der Waals surface area contributed by atoms with Gasteiger partial charge in [0.2, 0.25) is 5.91 Å². The minimum absolute atomic E-state index is 0.156. The lowest BCUT2D eigenvalue weighted by atomic mass is 10.2. The Labute approximate surface area is 150 Å². The molecule has 1 heterocycles. The van der Waals surface area contributed by atoms with E-state index in [1.54, 1.807) is 6.26 Å². The topological polar surface area (TPSA) is 58.4 Å². The fourth-order valence-corrected chi connectivity index (χ4v) is 2.26. The molecule has 3 rings (SSSR count). The summed E-state index contributed by atoms with van der Waals surface area (Å²) in [5.74, 6) is 0.156. The molecule has 1 aliphatic rings. The Kier molecular flexibility index (Phi) is 9.65. The summed E-state index contributed by atoms with van der Waals surface area (Å²) in [4.78, 5) is 13.4. The molecule has 0 saturated carbocycles. The van der Waals surface area contributed by atoms with Gasteiger partial charge in [-0.15, -0.1) is 0 Å². The Balaban J connectivity index is 0.000000268. The highest BCUT2D eigenvalue weighted by atomic mass is 32.1. The normalized spacial score (nSPS) is 13.3. The van der Waals surface area contributed by atoms with Gasteiger partial charge in [-0.3, -0.25) is 4.79 Å². The number of nitrogens with two attached hydrogens (primary N) is 1. The van der Waals surface area contributed by atoms with E-state index in [0.717, 1.165) is 24.3 Å². The van der Waals surface area contributed by atoms with Gasteiger partial charge in [0.25, 0.3) is 0 Å². The van der Waals surface area contributed by atoms with Gasteiger partial charge in [0.15, 0.2) is 0 Å². The summed E-state index contributed by atoms with van der Waals surface area (Å²) in [6.07, 6.45) is 1.69. The summed E-state index contributed by atoms with van der Waals surface area (Å²) < 4.78 is 0. The summed E-state index contributed by atoms with van der Waals surface area (Å²) in [5.41, 5.74) is 8.84. The van der Waals surface area contributed by atoms with Crippen LogP contribution in [-0.4, -0.2) is 36.7 Å². The predicted octanol–water partition coefficient (Wildman–Crippen LogP) is 2.74. The van der Waals surface area contributed by atoms with E-state index >= 15 is 0 Å². The first kappa shape index (κ1) is 20.1. The van der Waals surface area contributed by atoms with Crippen molar-refractivity contribution >= 4 is 24.2 Å². The maximum atomic E-state index is 11.5. The number of carbonyl (C=O) groups excluding carboxylic acids is 1. The number of rotatable bonds is 2. The lowest BCUT2D eigenvalue weighted by Gasteiger charge is -2.27. The Morgan fingerprint density at radius 1 is 1.12 bits per heavy atom. The number of thiol groups is 1. The van der Waals surface area contributed by atoms with Gasteiger partial charge in [-0.25, -0.2) is 0 Å². The van der Waals surface area contributed by atoms with Crippen molar-refractivity contribution in [1.82, 2.24) is 10.2 Å². The van der Waals surface area contributed by atoms with Gasteiger partial charge in [-0.2, -0.15) is 12.6 Å². The highest BCUT2D eigenvalue weighted by Crippen LogP contribution is 2.10. The zero-order valence-electron chi connectivity index (χ0n) is 14.4. The summed E-state index contributed by atoms with van der Waals surface area (Å²) in [6.45, 7) is 4.83. The summed E-state index contributed by atoms with van der Waals surface area (Å²) in [5, 5.41) is 3.05. The summed E-state index contributed by atoms with van der Waals surface area (Å²) in [7, 11) is 0. The second kappa shape index (κ2) is 11.5. The average Bonchev–Trinajstić information content (AvgIpc) is 2.60. The minimum Gasteiger partial charge on any atom is -0.399 e. The molecule has 1 fully saturated rings. The molecule has 0 spiro atoms. The van der Waals surface area contributed by atoms with E-state index in [-0.39, 0.29) is 5.91 Å². The van der Waals surface area contributed by atoms with Crippen molar-refractivity contribution < 1.29 is 4.79 Å². The number of nitrogen functional groups attached to an aromatic ring is 1. The number of piperazine rings is 1. The smallest absolute Gasteiger partial charge is 0.236 e. The van der Waals surface area contributed by atoms with Crippen LogP contribution in [0.4, 0.5) is 5.69 Å². The zero-order chi connectivity index (χ0) is 17.8. The van der Waals surface area contributed by atoms with Gasteiger partial charge in [-0.05, 0) is 30.9 Å². The van der Waals surface area contributed by atoms with Crippen molar-refractivity contribution in [3.05, 3.63) is 65.7 Å². The highest BCUT2D eigenvalue weighted by Gasteiger charge is 2.17. The maximum Gasteiger partial charge on any atom is 0.236 e. The highest BCUT2D eigenvalue weighted by molar-refractivity contribution is 7.79. The molecule has 0 aliphatic carbocycles. The lowest BCUT2D eigenvalue weighted by Crippen LogP contribution is -2.47. The standard InChI is InChI=1S/C11H15N3O.C7H8.CH4S/c12-10-3-1-2-9(6-10)8-14-5-4-13-7-11(14)15;1-7-5-3-2-4-6-7;1-2/h1-3,6,13H,4-5,7-8,12H2;2-6H,1H3;2H,1H3. The second-order valence-electron chi connectivity index (χ2n) is 5.39. The Bertz CT molecular complexity index is 605. The molecule has 0 radical (unpaired) electrons. The largest absolute Gasteiger partial charge is 0.399 e. The number of aryl methyl sites for hydroxylation is 1. The molecule has 5 heteroatoms. The van der Waals surface area contributed by atoms with Crippen LogP contribution in [0, 0.1) is 6.92 Å². The van der Waals surface area contributed by atoms with Crippen molar-refractivity contribution in [2.24, 2.45) is 0 Å². The van der Waals surface area contributed by atoms with Crippen LogP contribution >= 0.6 is 12.6 Å². The number of nitrogens with one attached hydrogen (secondary N) is 1. The van der Waals surface area contributed by atoms with E-state index in [4.69, 9.17) is 5.73 Å². The van der Waals surface area contributed by atoms with E-state index in [2.05, 4.69) is 37.0 Å². The third-order valence-electron chi connectivity index (χ3n) is 3.45. The van der Waals surface area contributed by atoms with Gasteiger partial charge in [0.05, 0.1) is 6.54 Å². The van der Waals surface area contributed by atoms with Crippen molar-refractivity contribution in [1.29, 1.82) is 0 Å². The summed E-state index contributed by atoms with van der Waals surface area (Å²) >= 11 is 3.53. The van der Waals surface area contributed by atoms with E-state index in [1.165, 1.54) is 5.56 Å². The molecule has 1 aliphatic heterocycles. The molecule has 3 N–H and O–H groups in total. The molecule has 2 aromatic rings. The van der Waals surface area contributed by atoms with Crippen molar-refractivity contribution in [3.8, 4) is 0 Å². The molecule has 0 atom stereocenters. The molecule has 0 unspecified atom stereocenters. The van der Waals surface area contributed by atoms with Gasteiger partial charge in [0, 0.05) is 25.3 Å². The summed E-state index contributed by atoms with van der Waals surface area (Å²) in [6, 6.07) is 17.9. The predicted molar refractivity (Wildman–Crippen MR) is 105 cm³/mol. The fraction of sp³-hybridized carbons (Fsp3) is 0.316. The number of hydrogen-bond donors (Lipinski definition) is 3. The van der Waals surface area contributed by atoms with Crippen LogP contribution in [0.5, 0.6) is 0 Å². The van der Waals surface area contributed by atoms with Gasteiger partial charge in [-0.1, -0.05) is 48.0 Å². The quantitative estimate of drug-likeness (QED) is 0.579. The first-order valence-corrected chi connectivity index (χ1v) is 8.84. The average molecular weight is 346 g/mol. The molecular formula is C19H27N3OS. The Hall–Kier alpha value is -1.98. The minimum atomic E-state index is 0.156. The van der Waals surface area contributed by atoms with Crippen molar-refractivity contribution in [2.75, 3.05) is 31.6 Å². The number of carbonyl (C=O) groups is 1. The molecule has 0 aromatic heterocycles. The van der Waals surface area contributed by atoms with Crippen LogP contribution in [0.25, 0.3) is 0 Å². The number of amides is 1. The van der Waals surface area contributed by atoms with Crippen LogP contribution < -0.4 is 11.1 Å². The first-order chi connectivity index (χ1) is 11.6. The van der Waals surface area contributed by atoms with E-state index in [9.17, 15) is 4.79 Å². The van der Waals surface area contributed by atoms with Crippen LogP contribution in [-0.2, 0) is 11.3 Å². The third kappa shape index (κ3) is 7.53. The maximum absolute atomic E-state index is 11.5. The van der Waals surface area contributed by atoms with Gasteiger partial charge in [0.1, 0.15) is 0 Å². The molecule has 24 heavy (non-hydrogen) atoms. The first-order valence-electron chi connectivity index (χ1n) is 7.94.